The van der Waals surface area contributed by atoms with Crippen LogP contribution in [0.1, 0.15) is 18.2 Å². The lowest BCUT2D eigenvalue weighted by Crippen LogP contribution is -2.05. The second kappa shape index (κ2) is 4.05. The van der Waals surface area contributed by atoms with E-state index in [0.717, 1.165) is 13.0 Å². The van der Waals surface area contributed by atoms with Crippen LogP contribution in [0.5, 0.6) is 0 Å². The Labute approximate surface area is 83.4 Å². The molecular formula is C11H13N3. The molecule has 3 nitrogen and oxygen atoms in total. The summed E-state index contributed by atoms with van der Waals surface area (Å²) in [5.41, 5.74) is 2.43. The maximum Gasteiger partial charge on any atom is 0.0725 e. The molecule has 2 rings (SSSR count). The zero-order chi connectivity index (χ0) is 9.80. The molecule has 0 spiro atoms. The van der Waals surface area contributed by atoms with E-state index in [0.29, 0.717) is 0 Å². The van der Waals surface area contributed by atoms with Gasteiger partial charge < -0.3 is 0 Å². The van der Waals surface area contributed by atoms with Crippen LogP contribution in [-0.2, 0) is 13.0 Å². The van der Waals surface area contributed by atoms with Crippen LogP contribution >= 0.6 is 0 Å². The predicted octanol–water partition coefficient (Wildman–Crippen LogP) is 1.89. The SMILES string of the molecule is CCc1cnnn1Cc1ccccc1. The fourth-order valence-electron chi connectivity index (χ4n) is 1.44. The lowest BCUT2D eigenvalue weighted by Gasteiger charge is -2.03. The molecule has 0 saturated carbocycles. The van der Waals surface area contributed by atoms with Gasteiger partial charge in [0.2, 0.25) is 0 Å². The first-order valence-electron chi connectivity index (χ1n) is 4.81. The quantitative estimate of drug-likeness (QED) is 0.734. The monoisotopic (exact) mass is 187 g/mol. The van der Waals surface area contributed by atoms with Crippen molar-refractivity contribution in [3.63, 3.8) is 0 Å². The van der Waals surface area contributed by atoms with E-state index in [2.05, 4.69) is 29.4 Å². The Kier molecular flexibility index (Phi) is 2.58. The fraction of sp³-hybridized carbons (Fsp3) is 0.273. The van der Waals surface area contributed by atoms with Crippen LogP contribution in [0.2, 0.25) is 0 Å². The molecule has 1 heterocycles. The third-order valence-corrected chi connectivity index (χ3v) is 2.24. The summed E-state index contributed by atoms with van der Waals surface area (Å²) in [6.07, 6.45) is 2.79. The maximum absolute atomic E-state index is 4.05. The molecule has 0 fully saturated rings. The number of rotatable bonds is 3. The molecule has 0 unspecified atom stereocenters. The van der Waals surface area contributed by atoms with Gasteiger partial charge in [-0.2, -0.15) is 0 Å². The molecule has 0 saturated heterocycles. The molecule has 72 valence electrons. The van der Waals surface area contributed by atoms with Gasteiger partial charge in [0.1, 0.15) is 0 Å². The molecule has 0 aliphatic rings. The topological polar surface area (TPSA) is 30.7 Å². The highest BCUT2D eigenvalue weighted by Gasteiger charge is 2.01. The van der Waals surface area contributed by atoms with Crippen molar-refractivity contribution in [3.05, 3.63) is 47.8 Å². The average Bonchev–Trinajstić information content (AvgIpc) is 2.67. The molecule has 0 aliphatic heterocycles. The predicted molar refractivity (Wildman–Crippen MR) is 54.9 cm³/mol. The summed E-state index contributed by atoms with van der Waals surface area (Å²) in [7, 11) is 0. The van der Waals surface area contributed by atoms with Crippen molar-refractivity contribution in [3.8, 4) is 0 Å². The minimum atomic E-state index is 0.810. The van der Waals surface area contributed by atoms with Crippen molar-refractivity contribution in [2.75, 3.05) is 0 Å². The first kappa shape index (κ1) is 8.94. The number of aryl methyl sites for hydroxylation is 1. The van der Waals surface area contributed by atoms with Crippen LogP contribution < -0.4 is 0 Å². The van der Waals surface area contributed by atoms with E-state index in [4.69, 9.17) is 0 Å². The zero-order valence-electron chi connectivity index (χ0n) is 8.22. The van der Waals surface area contributed by atoms with Crippen LogP contribution in [0.4, 0.5) is 0 Å². The van der Waals surface area contributed by atoms with Crippen molar-refractivity contribution in [2.45, 2.75) is 19.9 Å². The van der Waals surface area contributed by atoms with Crippen molar-refractivity contribution >= 4 is 0 Å². The molecule has 0 atom stereocenters. The van der Waals surface area contributed by atoms with Gasteiger partial charge in [0, 0.05) is 0 Å². The van der Waals surface area contributed by atoms with Gasteiger partial charge in [-0.15, -0.1) is 5.10 Å². The molecule has 0 aliphatic carbocycles. The normalized spacial score (nSPS) is 10.4. The summed E-state index contributed by atoms with van der Waals surface area (Å²) in [4.78, 5) is 0. The highest BCUT2D eigenvalue weighted by atomic mass is 15.4. The van der Waals surface area contributed by atoms with E-state index >= 15 is 0 Å². The van der Waals surface area contributed by atoms with Gasteiger partial charge in [-0.1, -0.05) is 42.5 Å². The highest BCUT2D eigenvalue weighted by Crippen LogP contribution is 2.04. The van der Waals surface area contributed by atoms with E-state index in [1.165, 1.54) is 11.3 Å². The number of hydrogen-bond acceptors (Lipinski definition) is 2. The van der Waals surface area contributed by atoms with Gasteiger partial charge >= 0.3 is 0 Å². The van der Waals surface area contributed by atoms with E-state index < -0.39 is 0 Å². The summed E-state index contributed by atoms with van der Waals surface area (Å²) in [5.74, 6) is 0. The largest absolute Gasteiger partial charge is 0.245 e. The minimum Gasteiger partial charge on any atom is -0.245 e. The van der Waals surface area contributed by atoms with Crippen molar-refractivity contribution in [2.24, 2.45) is 0 Å². The third kappa shape index (κ3) is 1.82. The first-order valence-corrected chi connectivity index (χ1v) is 4.81. The Morgan fingerprint density at radius 1 is 1.21 bits per heavy atom. The average molecular weight is 187 g/mol. The van der Waals surface area contributed by atoms with E-state index in [9.17, 15) is 0 Å². The van der Waals surface area contributed by atoms with Crippen molar-refractivity contribution in [1.82, 2.24) is 15.0 Å². The molecule has 0 N–H and O–H groups in total. The Bertz CT molecular complexity index is 392. The molecule has 1 aromatic heterocycles. The minimum absolute atomic E-state index is 0.810. The Morgan fingerprint density at radius 2 is 2.00 bits per heavy atom. The molecule has 1 aromatic carbocycles. The Hall–Kier alpha value is -1.64. The Morgan fingerprint density at radius 3 is 2.71 bits per heavy atom. The first-order chi connectivity index (χ1) is 6.90. The molecule has 2 aromatic rings. The molecule has 0 amide bonds. The second-order valence-corrected chi connectivity index (χ2v) is 3.22. The molecule has 14 heavy (non-hydrogen) atoms. The molecule has 3 heteroatoms. The van der Waals surface area contributed by atoms with Crippen LogP contribution in [0, 0.1) is 0 Å². The van der Waals surface area contributed by atoms with Gasteiger partial charge in [-0.3, -0.25) is 0 Å². The van der Waals surface area contributed by atoms with E-state index in [1.54, 1.807) is 0 Å². The lowest BCUT2D eigenvalue weighted by atomic mass is 10.2. The van der Waals surface area contributed by atoms with Crippen LogP contribution in [0.3, 0.4) is 0 Å². The zero-order valence-corrected chi connectivity index (χ0v) is 8.22. The molecule has 0 radical (unpaired) electrons. The number of nitrogens with zero attached hydrogens (tertiary/aromatic N) is 3. The third-order valence-electron chi connectivity index (χ3n) is 2.24. The van der Waals surface area contributed by atoms with E-state index in [-0.39, 0.29) is 0 Å². The highest BCUT2D eigenvalue weighted by molar-refractivity contribution is 5.15. The summed E-state index contributed by atoms with van der Waals surface area (Å²) in [6, 6.07) is 10.3. The summed E-state index contributed by atoms with van der Waals surface area (Å²) in [6.45, 7) is 2.92. The van der Waals surface area contributed by atoms with Crippen molar-refractivity contribution in [1.29, 1.82) is 0 Å². The molecular weight excluding hydrogens is 174 g/mol. The van der Waals surface area contributed by atoms with Gasteiger partial charge in [-0.25, -0.2) is 4.68 Å². The molecule has 0 bridgehead atoms. The van der Waals surface area contributed by atoms with Gasteiger partial charge in [-0.05, 0) is 12.0 Å². The summed E-state index contributed by atoms with van der Waals surface area (Å²) < 4.78 is 1.94. The summed E-state index contributed by atoms with van der Waals surface area (Å²) in [5, 5.41) is 7.95. The van der Waals surface area contributed by atoms with E-state index in [1.807, 2.05) is 29.1 Å². The fourth-order valence-corrected chi connectivity index (χ4v) is 1.44. The Balaban J connectivity index is 2.19. The maximum atomic E-state index is 4.05. The second-order valence-electron chi connectivity index (χ2n) is 3.22. The van der Waals surface area contributed by atoms with Crippen LogP contribution in [-0.4, -0.2) is 15.0 Å². The smallest absolute Gasteiger partial charge is 0.0725 e. The van der Waals surface area contributed by atoms with Crippen molar-refractivity contribution < 1.29 is 0 Å². The van der Waals surface area contributed by atoms with Gasteiger partial charge in [0.15, 0.2) is 0 Å². The standard InChI is InChI=1S/C11H13N3/c1-2-11-8-12-13-14(11)9-10-6-4-3-5-7-10/h3-8H,2,9H2,1H3. The van der Waals surface area contributed by atoms with Crippen LogP contribution in [0.15, 0.2) is 36.5 Å². The van der Waals surface area contributed by atoms with Crippen LogP contribution in [0.25, 0.3) is 0 Å². The van der Waals surface area contributed by atoms with Gasteiger partial charge in [0.25, 0.3) is 0 Å². The number of hydrogen-bond donors (Lipinski definition) is 0. The lowest BCUT2D eigenvalue weighted by molar-refractivity contribution is 0.622. The summed E-state index contributed by atoms with van der Waals surface area (Å²) >= 11 is 0. The number of benzene rings is 1. The number of aromatic nitrogens is 3. The van der Waals surface area contributed by atoms with Gasteiger partial charge in [0.05, 0.1) is 18.4 Å².